The van der Waals surface area contributed by atoms with Crippen LogP contribution in [-0.2, 0) is 11.2 Å². The van der Waals surface area contributed by atoms with E-state index in [4.69, 9.17) is 9.52 Å². The van der Waals surface area contributed by atoms with Crippen molar-refractivity contribution in [1.82, 2.24) is 5.32 Å². The molecule has 1 aromatic rings. The average Bonchev–Trinajstić information content (AvgIpc) is 2.77. The number of rotatable bonds is 8. The summed E-state index contributed by atoms with van der Waals surface area (Å²) in [6.45, 7) is 6.08. The Kier molecular flexibility index (Phi) is 5.92. The number of carboxylic acid groups (broad SMARTS) is 1. The van der Waals surface area contributed by atoms with Crippen LogP contribution in [-0.4, -0.2) is 23.2 Å². The van der Waals surface area contributed by atoms with Crippen LogP contribution in [0.1, 0.15) is 39.4 Å². The summed E-state index contributed by atoms with van der Waals surface area (Å²) in [6, 6.07) is 3.51. The summed E-state index contributed by atoms with van der Waals surface area (Å²) in [5, 5.41) is 12.3. The molecule has 0 aliphatic rings. The summed E-state index contributed by atoms with van der Waals surface area (Å²) in [5.41, 5.74) is 0. The molecule has 2 unspecified atom stereocenters. The number of nitrogens with one attached hydrogen (secondary N) is 1. The highest BCUT2D eigenvalue weighted by atomic mass is 16.4. The summed E-state index contributed by atoms with van der Waals surface area (Å²) in [6.07, 6.45) is 4.01. The molecule has 102 valence electrons. The number of carboxylic acids is 1. The van der Waals surface area contributed by atoms with Gasteiger partial charge in [0.15, 0.2) is 0 Å². The van der Waals surface area contributed by atoms with Crippen LogP contribution in [0.5, 0.6) is 0 Å². The Bertz CT molecular complexity index is 346. The number of aliphatic carboxylic acids is 1. The van der Waals surface area contributed by atoms with E-state index < -0.39 is 12.0 Å². The summed E-state index contributed by atoms with van der Waals surface area (Å²) in [7, 11) is 0. The standard InChI is InChI=1S/C14H23NO3/c1-10(2)9-13(14(16)17)15-11(3)6-7-12-5-4-8-18-12/h4-5,8,10-11,13,15H,6-7,9H2,1-3H3,(H,16,17). The molecule has 2 N–H and O–H groups in total. The SMILES string of the molecule is CC(C)CC(NC(C)CCc1ccco1)C(=O)O. The van der Waals surface area contributed by atoms with Gasteiger partial charge in [0.05, 0.1) is 6.26 Å². The molecule has 1 aromatic heterocycles. The molecule has 1 heterocycles. The second kappa shape index (κ2) is 7.21. The lowest BCUT2D eigenvalue weighted by atomic mass is 10.0. The van der Waals surface area contributed by atoms with Crippen molar-refractivity contribution >= 4 is 5.97 Å². The summed E-state index contributed by atoms with van der Waals surface area (Å²) in [5.74, 6) is 0.545. The Labute approximate surface area is 108 Å². The summed E-state index contributed by atoms with van der Waals surface area (Å²) < 4.78 is 5.26. The van der Waals surface area contributed by atoms with Crippen molar-refractivity contribution in [3.05, 3.63) is 24.2 Å². The average molecular weight is 253 g/mol. The van der Waals surface area contributed by atoms with Gasteiger partial charge < -0.3 is 14.8 Å². The number of hydrogen-bond donors (Lipinski definition) is 2. The molecule has 4 nitrogen and oxygen atoms in total. The third-order valence-corrected chi connectivity index (χ3v) is 2.89. The lowest BCUT2D eigenvalue weighted by Gasteiger charge is -2.21. The maximum absolute atomic E-state index is 11.1. The number of hydrogen-bond acceptors (Lipinski definition) is 3. The molecule has 0 fully saturated rings. The van der Waals surface area contributed by atoms with Crippen molar-refractivity contribution in [2.24, 2.45) is 5.92 Å². The molecular formula is C14H23NO3. The molecular weight excluding hydrogens is 230 g/mol. The first kappa shape index (κ1) is 14.8. The van der Waals surface area contributed by atoms with E-state index in [2.05, 4.69) is 5.32 Å². The molecule has 2 atom stereocenters. The first-order valence-electron chi connectivity index (χ1n) is 6.50. The third-order valence-electron chi connectivity index (χ3n) is 2.89. The van der Waals surface area contributed by atoms with Crippen LogP contribution in [0.3, 0.4) is 0 Å². The van der Waals surface area contributed by atoms with Crippen molar-refractivity contribution in [2.75, 3.05) is 0 Å². The van der Waals surface area contributed by atoms with E-state index in [1.807, 2.05) is 32.9 Å². The fraction of sp³-hybridized carbons (Fsp3) is 0.643. The van der Waals surface area contributed by atoms with Gasteiger partial charge in [-0.2, -0.15) is 0 Å². The van der Waals surface area contributed by atoms with Crippen LogP contribution in [0.25, 0.3) is 0 Å². The van der Waals surface area contributed by atoms with Crippen molar-refractivity contribution in [3.8, 4) is 0 Å². The highest BCUT2D eigenvalue weighted by Gasteiger charge is 2.20. The van der Waals surface area contributed by atoms with E-state index >= 15 is 0 Å². The second-order valence-corrected chi connectivity index (χ2v) is 5.21. The van der Waals surface area contributed by atoms with Gasteiger partial charge in [-0.3, -0.25) is 4.79 Å². The van der Waals surface area contributed by atoms with E-state index in [0.717, 1.165) is 18.6 Å². The second-order valence-electron chi connectivity index (χ2n) is 5.21. The van der Waals surface area contributed by atoms with E-state index in [-0.39, 0.29) is 6.04 Å². The highest BCUT2D eigenvalue weighted by molar-refractivity contribution is 5.73. The molecule has 0 bridgehead atoms. The topological polar surface area (TPSA) is 62.5 Å². The van der Waals surface area contributed by atoms with E-state index in [9.17, 15) is 4.79 Å². The van der Waals surface area contributed by atoms with Crippen molar-refractivity contribution in [3.63, 3.8) is 0 Å². The van der Waals surface area contributed by atoms with Crippen LogP contribution in [0, 0.1) is 5.92 Å². The molecule has 0 radical (unpaired) electrons. The zero-order chi connectivity index (χ0) is 13.5. The minimum Gasteiger partial charge on any atom is -0.480 e. The van der Waals surface area contributed by atoms with Crippen LogP contribution < -0.4 is 5.32 Å². The minimum absolute atomic E-state index is 0.162. The van der Waals surface area contributed by atoms with Gasteiger partial charge in [0, 0.05) is 12.5 Å². The fourth-order valence-electron chi connectivity index (χ4n) is 1.95. The maximum atomic E-state index is 11.1. The maximum Gasteiger partial charge on any atom is 0.320 e. The van der Waals surface area contributed by atoms with Gasteiger partial charge in [-0.25, -0.2) is 0 Å². The molecule has 0 spiro atoms. The van der Waals surface area contributed by atoms with Gasteiger partial charge in [-0.15, -0.1) is 0 Å². The predicted molar refractivity (Wildman–Crippen MR) is 70.5 cm³/mol. The van der Waals surface area contributed by atoms with Crippen molar-refractivity contribution in [1.29, 1.82) is 0 Å². The predicted octanol–water partition coefficient (Wildman–Crippen LogP) is 2.69. The van der Waals surface area contributed by atoms with Crippen LogP contribution in [0.2, 0.25) is 0 Å². The van der Waals surface area contributed by atoms with E-state index in [1.54, 1.807) is 6.26 Å². The minimum atomic E-state index is -0.770. The first-order valence-corrected chi connectivity index (χ1v) is 6.50. The summed E-state index contributed by atoms with van der Waals surface area (Å²) >= 11 is 0. The van der Waals surface area contributed by atoms with Gasteiger partial charge in [0.2, 0.25) is 0 Å². The Hall–Kier alpha value is -1.29. The summed E-state index contributed by atoms with van der Waals surface area (Å²) in [4.78, 5) is 11.1. The molecule has 0 amide bonds. The monoisotopic (exact) mass is 253 g/mol. The van der Waals surface area contributed by atoms with Crippen LogP contribution >= 0.6 is 0 Å². The number of aryl methyl sites for hydroxylation is 1. The highest BCUT2D eigenvalue weighted by Crippen LogP contribution is 2.09. The molecule has 0 saturated heterocycles. The molecule has 1 rings (SSSR count). The van der Waals surface area contributed by atoms with E-state index in [1.165, 1.54) is 0 Å². The van der Waals surface area contributed by atoms with Gasteiger partial charge >= 0.3 is 5.97 Å². The molecule has 0 saturated carbocycles. The Morgan fingerprint density at radius 3 is 2.67 bits per heavy atom. The smallest absolute Gasteiger partial charge is 0.320 e. The molecule has 0 aliphatic heterocycles. The number of furan rings is 1. The molecule has 0 aromatic carbocycles. The van der Waals surface area contributed by atoms with Gasteiger partial charge in [-0.05, 0) is 37.8 Å². The normalized spacial score (nSPS) is 14.7. The van der Waals surface area contributed by atoms with Crippen molar-refractivity contribution in [2.45, 2.75) is 52.1 Å². The van der Waals surface area contributed by atoms with Crippen molar-refractivity contribution < 1.29 is 14.3 Å². The molecule has 4 heteroatoms. The zero-order valence-electron chi connectivity index (χ0n) is 11.3. The van der Waals surface area contributed by atoms with Gasteiger partial charge in [-0.1, -0.05) is 13.8 Å². The van der Waals surface area contributed by atoms with E-state index in [0.29, 0.717) is 12.3 Å². The quantitative estimate of drug-likeness (QED) is 0.747. The Balaban J connectivity index is 2.36. The lowest BCUT2D eigenvalue weighted by molar-refractivity contribution is -0.140. The Morgan fingerprint density at radius 2 is 2.17 bits per heavy atom. The molecule has 0 aliphatic carbocycles. The Morgan fingerprint density at radius 1 is 1.44 bits per heavy atom. The largest absolute Gasteiger partial charge is 0.480 e. The van der Waals surface area contributed by atoms with Crippen LogP contribution in [0.4, 0.5) is 0 Å². The fourth-order valence-corrected chi connectivity index (χ4v) is 1.95. The zero-order valence-corrected chi connectivity index (χ0v) is 11.3. The lowest BCUT2D eigenvalue weighted by Crippen LogP contribution is -2.43. The number of carbonyl (C=O) groups is 1. The third kappa shape index (κ3) is 5.36. The van der Waals surface area contributed by atoms with Gasteiger partial charge in [0.1, 0.15) is 11.8 Å². The first-order chi connectivity index (χ1) is 8.49. The van der Waals surface area contributed by atoms with Gasteiger partial charge in [0.25, 0.3) is 0 Å². The molecule has 18 heavy (non-hydrogen) atoms. The van der Waals surface area contributed by atoms with Crippen LogP contribution in [0.15, 0.2) is 22.8 Å².